The summed E-state index contributed by atoms with van der Waals surface area (Å²) in [5.41, 5.74) is 6.55. The first-order valence-electron chi connectivity index (χ1n) is 12.3. The van der Waals surface area contributed by atoms with Gasteiger partial charge in [-0.05, 0) is 79.8 Å². The first kappa shape index (κ1) is 25.6. The highest BCUT2D eigenvalue weighted by atomic mass is 16.6. The highest BCUT2D eigenvalue weighted by molar-refractivity contribution is 6.05. The summed E-state index contributed by atoms with van der Waals surface area (Å²) in [5.74, 6) is 0.715. The van der Waals surface area contributed by atoms with Crippen LogP contribution in [0.4, 0.5) is 17.1 Å². The molecule has 1 heterocycles. The summed E-state index contributed by atoms with van der Waals surface area (Å²) in [4.78, 5) is 34.1. The van der Waals surface area contributed by atoms with Crippen LogP contribution >= 0.6 is 0 Å². The number of aryl methyl sites for hydroxylation is 4. The Bertz CT molecular complexity index is 1610. The van der Waals surface area contributed by atoms with Crippen molar-refractivity contribution in [2.24, 2.45) is 0 Å². The molecule has 0 unspecified atom stereocenters. The molecule has 1 N–H and O–H groups in total. The van der Waals surface area contributed by atoms with E-state index in [-0.39, 0.29) is 11.5 Å². The van der Waals surface area contributed by atoms with Crippen LogP contribution in [0.5, 0.6) is 11.5 Å². The predicted octanol–water partition coefficient (Wildman–Crippen LogP) is 7.27. The number of hydrogen-bond acceptors (Lipinski definition) is 6. The topological polar surface area (TPSA) is 125 Å². The summed E-state index contributed by atoms with van der Waals surface area (Å²) >= 11 is 0. The van der Waals surface area contributed by atoms with Gasteiger partial charge in [0.25, 0.3) is 17.3 Å². The Morgan fingerprint density at radius 1 is 0.769 bits per heavy atom. The van der Waals surface area contributed by atoms with Crippen LogP contribution in [0.3, 0.4) is 0 Å². The van der Waals surface area contributed by atoms with Gasteiger partial charge in [-0.2, -0.15) is 0 Å². The van der Waals surface area contributed by atoms with E-state index in [1.165, 1.54) is 0 Å². The van der Waals surface area contributed by atoms with Crippen molar-refractivity contribution in [2.75, 3.05) is 5.32 Å². The highest BCUT2D eigenvalue weighted by Crippen LogP contribution is 2.50. The van der Waals surface area contributed by atoms with Gasteiger partial charge < -0.3 is 10.1 Å². The lowest BCUT2D eigenvalue weighted by Gasteiger charge is -2.32. The van der Waals surface area contributed by atoms with E-state index in [0.717, 1.165) is 68.6 Å². The number of nitro groups is 2. The molecule has 0 radical (unpaired) electrons. The molecule has 0 aromatic heterocycles. The first-order chi connectivity index (χ1) is 18.5. The third-order valence-electron chi connectivity index (χ3n) is 6.85. The van der Waals surface area contributed by atoms with Crippen LogP contribution in [0.2, 0.25) is 0 Å². The molecule has 1 aliphatic heterocycles. The Morgan fingerprint density at radius 2 is 1.31 bits per heavy atom. The Balaban J connectivity index is 1.58. The van der Waals surface area contributed by atoms with Gasteiger partial charge in [-0.25, -0.2) is 0 Å². The van der Waals surface area contributed by atoms with Crippen molar-refractivity contribution in [3.05, 3.63) is 131 Å². The number of hydrogen-bond donors (Lipinski definition) is 1. The molecule has 0 bridgehead atoms. The van der Waals surface area contributed by atoms with Gasteiger partial charge in [0.1, 0.15) is 11.5 Å². The van der Waals surface area contributed by atoms with Crippen molar-refractivity contribution in [2.45, 2.75) is 33.6 Å². The van der Waals surface area contributed by atoms with E-state index in [1.54, 1.807) is 6.07 Å². The van der Waals surface area contributed by atoms with Crippen molar-refractivity contribution in [3.63, 3.8) is 0 Å². The van der Waals surface area contributed by atoms with E-state index < -0.39 is 27.1 Å². The number of nitro benzene ring substituents is 2. The Morgan fingerprint density at radius 3 is 1.82 bits per heavy atom. The van der Waals surface area contributed by atoms with Gasteiger partial charge in [-0.15, -0.1) is 0 Å². The Hall–Kier alpha value is -5.05. The maximum absolute atomic E-state index is 13.1. The molecule has 0 spiro atoms. The summed E-state index contributed by atoms with van der Waals surface area (Å²) in [6.45, 7) is 8.16. The molecule has 5 rings (SSSR count). The number of fused-ring (bicyclic) bond motifs is 2. The molecule has 4 aromatic carbocycles. The van der Waals surface area contributed by atoms with Gasteiger partial charge in [0, 0.05) is 34.9 Å². The third-order valence-corrected chi connectivity index (χ3v) is 6.85. The predicted molar refractivity (Wildman–Crippen MR) is 147 cm³/mol. The van der Waals surface area contributed by atoms with Crippen LogP contribution in [-0.2, 0) is 0 Å². The van der Waals surface area contributed by atoms with E-state index in [0.29, 0.717) is 5.69 Å². The van der Waals surface area contributed by atoms with E-state index in [9.17, 15) is 25.0 Å². The van der Waals surface area contributed by atoms with Crippen LogP contribution in [0.1, 0.15) is 55.2 Å². The van der Waals surface area contributed by atoms with Crippen LogP contribution in [0.25, 0.3) is 0 Å². The molecule has 0 fully saturated rings. The van der Waals surface area contributed by atoms with Crippen molar-refractivity contribution in [1.29, 1.82) is 0 Å². The minimum absolute atomic E-state index is 0.166. The number of anilines is 1. The molecule has 0 saturated heterocycles. The van der Waals surface area contributed by atoms with E-state index in [4.69, 9.17) is 4.74 Å². The van der Waals surface area contributed by atoms with Crippen molar-refractivity contribution in [3.8, 4) is 11.5 Å². The summed E-state index contributed by atoms with van der Waals surface area (Å²) < 4.78 is 6.39. The van der Waals surface area contributed by atoms with E-state index in [1.807, 2.05) is 44.2 Å². The molecule has 39 heavy (non-hydrogen) atoms. The number of non-ortho nitro benzene ring substituents is 2. The SMILES string of the molecule is Cc1cc(C)c2c(c1)Oc1cc(C)cc(C)c1C2c1cccc(NC(=O)c2cc([N+](=O)[O-])cc([N+](=O)[O-])c2)c1. The molecule has 0 atom stereocenters. The zero-order chi connectivity index (χ0) is 28.0. The lowest BCUT2D eigenvalue weighted by atomic mass is 9.78. The largest absolute Gasteiger partial charge is 0.457 e. The van der Waals surface area contributed by atoms with E-state index >= 15 is 0 Å². The lowest BCUT2D eigenvalue weighted by Crippen LogP contribution is -2.16. The second kappa shape index (κ2) is 9.68. The third kappa shape index (κ3) is 4.82. The summed E-state index contributed by atoms with van der Waals surface area (Å²) in [6, 6.07) is 18.5. The lowest BCUT2D eigenvalue weighted by molar-refractivity contribution is -0.394. The summed E-state index contributed by atoms with van der Waals surface area (Å²) in [7, 11) is 0. The molecular formula is C30H25N3O6. The standard InChI is InChI=1S/C30H25N3O6/c1-16-8-18(3)27-25(10-16)39-26-11-17(2)9-19(4)28(26)29(27)20-6-5-7-22(12-20)31-30(34)21-13-23(32(35)36)15-24(14-21)33(37)38/h5-15,29H,1-4H3,(H,31,34). The minimum Gasteiger partial charge on any atom is -0.457 e. The number of carbonyl (C=O) groups is 1. The van der Waals surface area contributed by atoms with Crippen LogP contribution in [0.15, 0.2) is 66.7 Å². The number of ether oxygens (including phenoxy) is 1. The monoisotopic (exact) mass is 523 g/mol. The molecule has 196 valence electrons. The van der Waals surface area contributed by atoms with Gasteiger partial charge in [0.05, 0.1) is 21.5 Å². The van der Waals surface area contributed by atoms with E-state index in [2.05, 4.69) is 31.3 Å². The van der Waals surface area contributed by atoms with Crippen LogP contribution in [0, 0.1) is 47.9 Å². The molecule has 9 nitrogen and oxygen atoms in total. The molecule has 4 aromatic rings. The van der Waals surface area contributed by atoms with Gasteiger partial charge in [0.15, 0.2) is 0 Å². The fourth-order valence-corrected chi connectivity index (χ4v) is 5.32. The smallest absolute Gasteiger partial charge is 0.277 e. The number of nitrogens with zero attached hydrogens (tertiary/aromatic N) is 2. The van der Waals surface area contributed by atoms with Gasteiger partial charge in [0.2, 0.25) is 0 Å². The normalized spacial score (nSPS) is 12.2. The molecule has 1 amide bonds. The fraction of sp³-hybridized carbons (Fsp3) is 0.167. The molecule has 9 heteroatoms. The van der Waals surface area contributed by atoms with Gasteiger partial charge >= 0.3 is 0 Å². The fourth-order valence-electron chi connectivity index (χ4n) is 5.32. The Labute approximate surface area is 224 Å². The Kier molecular flexibility index (Phi) is 6.35. The number of benzene rings is 4. The second-order valence-corrected chi connectivity index (χ2v) is 9.85. The summed E-state index contributed by atoms with van der Waals surface area (Å²) in [6.07, 6.45) is 0. The highest BCUT2D eigenvalue weighted by Gasteiger charge is 2.32. The minimum atomic E-state index is -0.765. The van der Waals surface area contributed by atoms with Crippen molar-refractivity contribution < 1.29 is 19.4 Å². The maximum Gasteiger partial charge on any atom is 0.277 e. The van der Waals surface area contributed by atoms with Gasteiger partial charge in [-0.1, -0.05) is 24.3 Å². The summed E-state index contributed by atoms with van der Waals surface area (Å²) in [5, 5.41) is 25.3. The molecule has 0 aliphatic carbocycles. The second-order valence-electron chi connectivity index (χ2n) is 9.85. The van der Waals surface area contributed by atoms with Crippen molar-refractivity contribution >= 4 is 23.0 Å². The quantitative estimate of drug-likeness (QED) is 0.191. The van der Waals surface area contributed by atoms with Crippen molar-refractivity contribution in [1.82, 2.24) is 0 Å². The van der Waals surface area contributed by atoms with Crippen LogP contribution in [-0.4, -0.2) is 15.8 Å². The number of nitrogens with one attached hydrogen (secondary N) is 1. The molecule has 1 aliphatic rings. The first-order valence-corrected chi connectivity index (χ1v) is 12.3. The van der Waals surface area contributed by atoms with Gasteiger partial charge in [-0.3, -0.25) is 25.0 Å². The average molecular weight is 524 g/mol. The number of rotatable bonds is 5. The average Bonchev–Trinajstić information content (AvgIpc) is 2.86. The van der Waals surface area contributed by atoms with Crippen LogP contribution < -0.4 is 10.1 Å². The number of amides is 1. The zero-order valence-electron chi connectivity index (χ0n) is 21.8. The molecule has 0 saturated carbocycles. The maximum atomic E-state index is 13.1. The molecular weight excluding hydrogens is 498 g/mol. The zero-order valence-corrected chi connectivity index (χ0v) is 21.8. The number of carbonyl (C=O) groups excluding carboxylic acids is 1.